The molecule has 2 aromatic rings. The van der Waals surface area contributed by atoms with Gasteiger partial charge in [-0.2, -0.15) is 0 Å². The van der Waals surface area contributed by atoms with Crippen LogP contribution in [-0.2, 0) is 16.4 Å². The van der Waals surface area contributed by atoms with Crippen molar-refractivity contribution in [2.75, 3.05) is 6.61 Å². The molecule has 0 saturated heterocycles. The first-order valence-corrected chi connectivity index (χ1v) is 14.3. The van der Waals surface area contributed by atoms with Crippen LogP contribution in [0, 0.1) is 5.41 Å². The van der Waals surface area contributed by atoms with Gasteiger partial charge in [-0.25, -0.2) is 0 Å². The smallest absolute Gasteiger partial charge is 0.192 e. The zero-order chi connectivity index (χ0) is 22.4. The number of hydrogen-bond donors (Lipinski definition) is 1. The van der Waals surface area contributed by atoms with Crippen LogP contribution in [0.4, 0.5) is 0 Å². The number of halogens is 1. The lowest BCUT2D eigenvalue weighted by molar-refractivity contribution is 0.118. The number of aromatic nitrogens is 1. The van der Waals surface area contributed by atoms with Crippen molar-refractivity contribution in [2.24, 2.45) is 5.41 Å². The van der Waals surface area contributed by atoms with E-state index in [0.29, 0.717) is 0 Å². The Kier molecular flexibility index (Phi) is 6.92. The number of rotatable bonds is 7. The van der Waals surface area contributed by atoms with Gasteiger partial charge in [0.15, 0.2) is 8.32 Å². The fourth-order valence-electron chi connectivity index (χ4n) is 3.23. The quantitative estimate of drug-likeness (QED) is 0.427. The molecule has 0 bridgehead atoms. The highest BCUT2D eigenvalue weighted by Gasteiger charge is 2.39. The second-order valence-electron chi connectivity index (χ2n) is 11.4. The van der Waals surface area contributed by atoms with Gasteiger partial charge in [0, 0.05) is 45.6 Å². The van der Waals surface area contributed by atoms with Crippen molar-refractivity contribution in [3.8, 4) is 0 Å². The van der Waals surface area contributed by atoms with E-state index in [2.05, 4.69) is 106 Å². The molecule has 0 radical (unpaired) electrons. The highest BCUT2D eigenvalue weighted by molar-refractivity contribution is 9.10. The summed E-state index contributed by atoms with van der Waals surface area (Å²) in [6.45, 7) is 23.8. The molecular formula is C24H40BrNO2Si. The lowest BCUT2D eigenvalue weighted by Gasteiger charge is -2.39. The largest absolute Gasteiger partial charge is 0.416 e. The first-order valence-electron chi connectivity index (χ1n) is 10.6. The molecule has 0 spiro atoms. The van der Waals surface area contributed by atoms with E-state index in [4.69, 9.17) is 4.43 Å². The number of aliphatic hydroxyl groups is 1. The van der Waals surface area contributed by atoms with Crippen LogP contribution in [0.3, 0.4) is 0 Å². The summed E-state index contributed by atoms with van der Waals surface area (Å²) in [6, 6.07) is 6.43. The van der Waals surface area contributed by atoms with Gasteiger partial charge in [-0.05, 0) is 42.8 Å². The number of fused-ring (bicyclic) bond motifs is 1. The maximum absolute atomic E-state index is 10.4. The number of nitrogens with zero attached hydrogens (tertiary/aromatic N) is 1. The minimum absolute atomic E-state index is 0.00394. The molecule has 1 aromatic carbocycles. The van der Waals surface area contributed by atoms with Crippen molar-refractivity contribution in [1.29, 1.82) is 0 Å². The summed E-state index contributed by atoms with van der Waals surface area (Å²) in [5.41, 5.74) is 2.06. The van der Waals surface area contributed by atoms with Crippen LogP contribution in [0.25, 0.3) is 10.9 Å². The summed E-state index contributed by atoms with van der Waals surface area (Å²) >= 11 is 3.63. The third-order valence-electron chi connectivity index (χ3n) is 6.81. The molecule has 0 fully saturated rings. The minimum Gasteiger partial charge on any atom is -0.416 e. The second-order valence-corrected chi connectivity index (χ2v) is 17.2. The predicted molar refractivity (Wildman–Crippen MR) is 131 cm³/mol. The third kappa shape index (κ3) is 5.36. The van der Waals surface area contributed by atoms with E-state index >= 15 is 0 Å². The van der Waals surface area contributed by atoms with Crippen molar-refractivity contribution in [2.45, 2.75) is 91.6 Å². The van der Waals surface area contributed by atoms with Gasteiger partial charge >= 0.3 is 0 Å². The molecule has 0 saturated carbocycles. The average molecular weight is 483 g/mol. The molecule has 29 heavy (non-hydrogen) atoms. The molecule has 1 N–H and O–H groups in total. The Hall–Kier alpha value is -0.623. The molecule has 1 atom stereocenters. The van der Waals surface area contributed by atoms with Gasteiger partial charge < -0.3 is 14.1 Å². The monoisotopic (exact) mass is 481 g/mol. The first kappa shape index (κ1) is 24.6. The predicted octanol–water partition coefficient (Wildman–Crippen LogP) is 7.11. The van der Waals surface area contributed by atoms with Crippen LogP contribution in [0.2, 0.25) is 18.1 Å². The van der Waals surface area contributed by atoms with E-state index in [1.807, 2.05) is 6.92 Å². The van der Waals surface area contributed by atoms with Crippen LogP contribution in [0.15, 0.2) is 28.9 Å². The summed E-state index contributed by atoms with van der Waals surface area (Å²) in [7, 11) is -1.78. The molecule has 5 heteroatoms. The van der Waals surface area contributed by atoms with Crippen molar-refractivity contribution in [3.63, 3.8) is 0 Å². The van der Waals surface area contributed by atoms with E-state index in [-0.39, 0.29) is 15.9 Å². The maximum Gasteiger partial charge on any atom is 0.192 e. The number of hydrogen-bond acceptors (Lipinski definition) is 2. The van der Waals surface area contributed by atoms with Crippen LogP contribution in [0.1, 0.15) is 61.0 Å². The highest BCUT2D eigenvalue weighted by atomic mass is 79.9. The van der Waals surface area contributed by atoms with Crippen LogP contribution in [0.5, 0.6) is 0 Å². The van der Waals surface area contributed by atoms with Crippen LogP contribution >= 0.6 is 15.9 Å². The molecule has 1 aromatic heterocycles. The van der Waals surface area contributed by atoms with E-state index in [1.165, 1.54) is 16.5 Å². The first-order chi connectivity index (χ1) is 13.0. The summed E-state index contributed by atoms with van der Waals surface area (Å²) in [5, 5.41) is 11.8. The van der Waals surface area contributed by atoms with E-state index in [1.54, 1.807) is 0 Å². The van der Waals surface area contributed by atoms with Gasteiger partial charge in [0.05, 0.1) is 6.10 Å². The van der Waals surface area contributed by atoms with E-state index in [0.717, 1.165) is 17.6 Å². The molecule has 3 nitrogen and oxygen atoms in total. The minimum atomic E-state index is -1.78. The second kappa shape index (κ2) is 8.14. The van der Waals surface area contributed by atoms with Crippen molar-refractivity contribution >= 4 is 35.2 Å². The van der Waals surface area contributed by atoms with Gasteiger partial charge in [-0.15, -0.1) is 0 Å². The molecule has 0 aliphatic carbocycles. The standard InChI is InChI=1S/C24H40BrNO2Si/c1-17(27)24(7,8)20-14-26(21-13-18(25)11-12-19(20)21)15-23(5,6)16-28-29(9,10)22(2,3)4/h11-14,17,27H,15-16H2,1-10H3. The Balaban J connectivity index is 2.39. The Morgan fingerprint density at radius 1 is 1.10 bits per heavy atom. The maximum atomic E-state index is 10.4. The zero-order valence-corrected chi connectivity index (χ0v) is 22.6. The lowest BCUT2D eigenvalue weighted by Crippen LogP contribution is -2.43. The Labute approximate surface area is 187 Å². The summed E-state index contributed by atoms with van der Waals surface area (Å²) in [4.78, 5) is 0. The molecular weight excluding hydrogens is 442 g/mol. The van der Waals surface area contributed by atoms with Gasteiger partial charge in [-0.1, -0.05) is 70.5 Å². The summed E-state index contributed by atoms with van der Waals surface area (Å²) in [5.74, 6) is 0. The molecule has 164 valence electrons. The van der Waals surface area contributed by atoms with Gasteiger partial charge in [0.25, 0.3) is 0 Å². The van der Waals surface area contributed by atoms with Crippen molar-refractivity contribution in [3.05, 3.63) is 34.4 Å². The number of benzene rings is 1. The fraction of sp³-hybridized carbons (Fsp3) is 0.667. The molecule has 0 aliphatic heterocycles. The molecule has 0 aliphatic rings. The highest BCUT2D eigenvalue weighted by Crippen LogP contribution is 2.39. The SMILES string of the molecule is CC(O)C(C)(C)c1cn(CC(C)(C)CO[Si](C)(C)C(C)(C)C)c2cc(Br)ccc12. The fourth-order valence-corrected chi connectivity index (χ4v) is 4.77. The van der Waals surface area contributed by atoms with Crippen molar-refractivity contribution in [1.82, 2.24) is 4.57 Å². The number of aliphatic hydroxyl groups excluding tert-OH is 1. The van der Waals surface area contributed by atoms with E-state index < -0.39 is 14.4 Å². The third-order valence-corrected chi connectivity index (χ3v) is 11.8. The normalized spacial score (nSPS) is 15.2. The summed E-state index contributed by atoms with van der Waals surface area (Å²) in [6.07, 6.45) is 1.80. The average Bonchev–Trinajstić information content (AvgIpc) is 2.90. The molecule has 2 rings (SSSR count). The van der Waals surface area contributed by atoms with Gasteiger partial charge in [0.1, 0.15) is 0 Å². The van der Waals surface area contributed by atoms with Crippen LogP contribution < -0.4 is 0 Å². The van der Waals surface area contributed by atoms with Gasteiger partial charge in [-0.3, -0.25) is 0 Å². The molecule has 1 heterocycles. The lowest BCUT2D eigenvalue weighted by atomic mass is 9.80. The Morgan fingerprint density at radius 2 is 1.69 bits per heavy atom. The molecule has 1 unspecified atom stereocenters. The Morgan fingerprint density at radius 3 is 2.21 bits per heavy atom. The Bertz CT molecular complexity index is 860. The topological polar surface area (TPSA) is 34.4 Å². The van der Waals surface area contributed by atoms with Crippen molar-refractivity contribution < 1.29 is 9.53 Å². The van der Waals surface area contributed by atoms with E-state index in [9.17, 15) is 5.11 Å². The van der Waals surface area contributed by atoms with Gasteiger partial charge in [0.2, 0.25) is 0 Å². The molecule has 0 amide bonds. The van der Waals surface area contributed by atoms with Crippen LogP contribution in [-0.4, -0.2) is 30.7 Å². The summed E-state index contributed by atoms with van der Waals surface area (Å²) < 4.78 is 9.97. The zero-order valence-electron chi connectivity index (χ0n) is 20.0.